The molecule has 1 aliphatic rings. The van der Waals surface area contributed by atoms with Gasteiger partial charge in [-0.05, 0) is 12.1 Å². The van der Waals surface area contributed by atoms with Gasteiger partial charge in [-0.2, -0.15) is 5.10 Å². The van der Waals surface area contributed by atoms with Gasteiger partial charge in [-0.1, -0.05) is 12.1 Å². The zero-order valence-corrected chi connectivity index (χ0v) is 14.2. The average Bonchev–Trinajstić information content (AvgIpc) is 3.35. The number of hydrogen-bond donors (Lipinski definition) is 2. The Morgan fingerprint density at radius 2 is 1.85 bits per heavy atom. The second-order valence-electron chi connectivity index (χ2n) is 6.21. The standard InChI is InChI=1S/C17H19N7O2/c25-15(6-5-14-20-12-3-1-2-4-13(12)21-14)23-7-9-24(10-8-23)17(26)16-18-11-19-22-16/h1-4,11H,5-10H2,(H,20,21)(H,18,19,22). The second-order valence-corrected chi connectivity index (χ2v) is 6.21. The number of aromatic amines is 2. The summed E-state index contributed by atoms with van der Waals surface area (Å²) in [7, 11) is 0. The SMILES string of the molecule is O=C(CCc1nc2ccccc2[nH]1)N1CCN(C(=O)c2ncn[nH]2)CC1. The molecule has 3 heterocycles. The molecule has 1 fully saturated rings. The molecule has 0 atom stereocenters. The van der Waals surface area contributed by atoms with Crippen molar-refractivity contribution in [1.29, 1.82) is 0 Å². The largest absolute Gasteiger partial charge is 0.342 e. The second kappa shape index (κ2) is 6.95. The number of aryl methyl sites for hydroxylation is 1. The minimum atomic E-state index is -0.183. The van der Waals surface area contributed by atoms with E-state index >= 15 is 0 Å². The number of piperazine rings is 1. The van der Waals surface area contributed by atoms with Gasteiger partial charge < -0.3 is 14.8 Å². The smallest absolute Gasteiger partial charge is 0.291 e. The Kier molecular flexibility index (Phi) is 4.34. The number of para-hydroxylation sites is 2. The van der Waals surface area contributed by atoms with Crippen LogP contribution in [0.15, 0.2) is 30.6 Å². The first kappa shape index (κ1) is 16.2. The lowest BCUT2D eigenvalue weighted by Crippen LogP contribution is -2.50. The first-order chi connectivity index (χ1) is 12.7. The molecule has 1 saturated heterocycles. The van der Waals surface area contributed by atoms with Gasteiger partial charge >= 0.3 is 0 Å². The molecule has 9 nitrogen and oxygen atoms in total. The summed E-state index contributed by atoms with van der Waals surface area (Å²) in [5, 5.41) is 6.27. The summed E-state index contributed by atoms with van der Waals surface area (Å²) in [4.78, 5) is 39.8. The van der Waals surface area contributed by atoms with Gasteiger partial charge in [0.05, 0.1) is 11.0 Å². The van der Waals surface area contributed by atoms with Crippen LogP contribution in [0.4, 0.5) is 0 Å². The van der Waals surface area contributed by atoms with E-state index in [4.69, 9.17) is 0 Å². The lowest BCUT2D eigenvalue weighted by Gasteiger charge is -2.34. The summed E-state index contributed by atoms with van der Waals surface area (Å²) >= 11 is 0. The van der Waals surface area contributed by atoms with E-state index in [1.165, 1.54) is 6.33 Å². The molecule has 1 aliphatic heterocycles. The fourth-order valence-electron chi connectivity index (χ4n) is 3.12. The van der Waals surface area contributed by atoms with Crippen LogP contribution in [0, 0.1) is 0 Å². The number of amides is 2. The highest BCUT2D eigenvalue weighted by Crippen LogP contribution is 2.13. The van der Waals surface area contributed by atoms with Gasteiger partial charge in [0, 0.05) is 39.0 Å². The maximum absolute atomic E-state index is 12.4. The quantitative estimate of drug-likeness (QED) is 0.713. The number of carbonyl (C=O) groups excluding carboxylic acids is 2. The number of carbonyl (C=O) groups is 2. The lowest BCUT2D eigenvalue weighted by molar-refractivity contribution is -0.132. The molecule has 0 aliphatic carbocycles. The number of benzene rings is 1. The maximum atomic E-state index is 12.4. The average molecular weight is 353 g/mol. The van der Waals surface area contributed by atoms with Crippen LogP contribution in [-0.4, -0.2) is 72.9 Å². The number of fused-ring (bicyclic) bond motifs is 1. The Hall–Kier alpha value is -3.23. The molecule has 0 bridgehead atoms. The van der Waals surface area contributed by atoms with Crippen LogP contribution in [-0.2, 0) is 11.2 Å². The number of nitrogens with one attached hydrogen (secondary N) is 2. The molecular formula is C17H19N7O2. The summed E-state index contributed by atoms with van der Waals surface area (Å²) in [6, 6.07) is 7.81. The van der Waals surface area contributed by atoms with Gasteiger partial charge in [-0.25, -0.2) is 9.97 Å². The molecule has 2 amide bonds. The highest BCUT2D eigenvalue weighted by molar-refractivity contribution is 5.90. The van der Waals surface area contributed by atoms with E-state index in [1.807, 2.05) is 24.3 Å². The van der Waals surface area contributed by atoms with Crippen LogP contribution < -0.4 is 0 Å². The third kappa shape index (κ3) is 3.28. The minimum absolute atomic E-state index is 0.0808. The van der Waals surface area contributed by atoms with Crippen molar-refractivity contribution in [3.05, 3.63) is 42.2 Å². The van der Waals surface area contributed by atoms with Crippen LogP contribution in [0.3, 0.4) is 0 Å². The number of H-pyrrole nitrogens is 2. The molecule has 4 rings (SSSR count). The lowest BCUT2D eigenvalue weighted by atomic mass is 10.2. The molecule has 0 radical (unpaired) electrons. The Morgan fingerprint density at radius 3 is 2.58 bits per heavy atom. The predicted octanol–water partition coefficient (Wildman–Crippen LogP) is 0.598. The third-order valence-corrected chi connectivity index (χ3v) is 4.55. The molecule has 2 aromatic heterocycles. The molecule has 1 aromatic carbocycles. The van der Waals surface area contributed by atoms with Crippen LogP contribution in [0.25, 0.3) is 11.0 Å². The van der Waals surface area contributed by atoms with E-state index in [1.54, 1.807) is 9.80 Å². The van der Waals surface area contributed by atoms with Crippen LogP contribution in [0.1, 0.15) is 22.9 Å². The summed E-state index contributed by atoms with van der Waals surface area (Å²) in [6.07, 6.45) is 2.28. The molecule has 0 spiro atoms. The molecule has 0 saturated carbocycles. The fourth-order valence-corrected chi connectivity index (χ4v) is 3.12. The van der Waals surface area contributed by atoms with Crippen LogP contribution >= 0.6 is 0 Å². The van der Waals surface area contributed by atoms with E-state index < -0.39 is 0 Å². The fraction of sp³-hybridized carbons (Fsp3) is 0.353. The van der Waals surface area contributed by atoms with Gasteiger partial charge in [0.1, 0.15) is 12.2 Å². The van der Waals surface area contributed by atoms with Crippen molar-refractivity contribution in [3.8, 4) is 0 Å². The van der Waals surface area contributed by atoms with Crippen molar-refractivity contribution in [2.75, 3.05) is 26.2 Å². The number of rotatable bonds is 4. The van der Waals surface area contributed by atoms with Gasteiger partial charge in [0.25, 0.3) is 5.91 Å². The van der Waals surface area contributed by atoms with E-state index in [0.29, 0.717) is 39.0 Å². The Morgan fingerprint density at radius 1 is 1.08 bits per heavy atom. The molecule has 26 heavy (non-hydrogen) atoms. The highest BCUT2D eigenvalue weighted by Gasteiger charge is 2.26. The maximum Gasteiger partial charge on any atom is 0.291 e. The van der Waals surface area contributed by atoms with Gasteiger partial charge in [-0.15, -0.1) is 0 Å². The Bertz CT molecular complexity index is 877. The van der Waals surface area contributed by atoms with Gasteiger partial charge in [0.2, 0.25) is 11.7 Å². The van der Waals surface area contributed by atoms with Crippen molar-refractivity contribution >= 4 is 22.8 Å². The van der Waals surface area contributed by atoms with Crippen molar-refractivity contribution in [3.63, 3.8) is 0 Å². The van der Waals surface area contributed by atoms with Gasteiger partial charge in [0.15, 0.2) is 0 Å². The predicted molar refractivity (Wildman–Crippen MR) is 93.3 cm³/mol. The topological polar surface area (TPSA) is 111 Å². The normalized spacial score (nSPS) is 14.8. The van der Waals surface area contributed by atoms with Crippen LogP contribution in [0.5, 0.6) is 0 Å². The molecular weight excluding hydrogens is 334 g/mol. The summed E-state index contributed by atoms with van der Waals surface area (Å²) in [5.41, 5.74) is 1.89. The molecule has 3 aromatic rings. The van der Waals surface area contributed by atoms with Gasteiger partial charge in [-0.3, -0.25) is 14.7 Å². The highest BCUT2D eigenvalue weighted by atomic mass is 16.2. The van der Waals surface area contributed by atoms with E-state index in [0.717, 1.165) is 16.9 Å². The number of nitrogens with zero attached hydrogens (tertiary/aromatic N) is 5. The van der Waals surface area contributed by atoms with Crippen molar-refractivity contribution < 1.29 is 9.59 Å². The van der Waals surface area contributed by atoms with E-state index in [-0.39, 0.29) is 17.6 Å². The molecule has 0 unspecified atom stereocenters. The first-order valence-corrected chi connectivity index (χ1v) is 8.57. The zero-order chi connectivity index (χ0) is 17.9. The van der Waals surface area contributed by atoms with Crippen molar-refractivity contribution in [2.45, 2.75) is 12.8 Å². The number of imidazole rings is 1. The zero-order valence-electron chi connectivity index (χ0n) is 14.2. The molecule has 2 N–H and O–H groups in total. The van der Waals surface area contributed by atoms with Crippen molar-refractivity contribution in [1.82, 2.24) is 34.9 Å². The summed E-state index contributed by atoms with van der Waals surface area (Å²) in [6.45, 7) is 2.05. The third-order valence-electron chi connectivity index (χ3n) is 4.55. The monoisotopic (exact) mass is 353 g/mol. The molecule has 9 heteroatoms. The Balaban J connectivity index is 1.29. The van der Waals surface area contributed by atoms with Crippen molar-refractivity contribution in [2.24, 2.45) is 0 Å². The summed E-state index contributed by atoms with van der Waals surface area (Å²) < 4.78 is 0. The molecule has 134 valence electrons. The number of aromatic nitrogens is 5. The minimum Gasteiger partial charge on any atom is -0.342 e. The number of hydrogen-bond acceptors (Lipinski definition) is 5. The summed E-state index contributed by atoms with van der Waals surface area (Å²) in [5.74, 6) is 0.947. The van der Waals surface area contributed by atoms with E-state index in [2.05, 4.69) is 25.1 Å². The van der Waals surface area contributed by atoms with Crippen LogP contribution in [0.2, 0.25) is 0 Å². The Labute approximate surface area is 149 Å². The first-order valence-electron chi connectivity index (χ1n) is 8.57. The van der Waals surface area contributed by atoms with E-state index in [9.17, 15) is 9.59 Å².